The van der Waals surface area contributed by atoms with Gasteiger partial charge < -0.3 is 23.4 Å². The summed E-state index contributed by atoms with van der Waals surface area (Å²) in [6.45, 7) is 4.22. The molecule has 0 saturated heterocycles. The highest BCUT2D eigenvalue weighted by molar-refractivity contribution is 6.18. The number of benzene rings is 1. The molecule has 0 amide bonds. The average molecular weight is 405 g/mol. The van der Waals surface area contributed by atoms with Gasteiger partial charge in [0.2, 0.25) is 0 Å². The molecule has 0 aliphatic rings. The Balaban J connectivity index is 2.14. The summed E-state index contributed by atoms with van der Waals surface area (Å²) in [6.07, 6.45) is 0. The third-order valence-electron chi connectivity index (χ3n) is 3.43. The van der Waals surface area contributed by atoms with Crippen LogP contribution < -0.4 is 15.1 Å². The molecule has 1 aromatic carbocycles. The third-order valence-corrected chi connectivity index (χ3v) is 3.74. The topological polar surface area (TPSA) is 67.1 Å². The minimum absolute atomic E-state index is 0.317. The van der Waals surface area contributed by atoms with Crippen LogP contribution in [0.3, 0.4) is 0 Å². The molecule has 2 rings (SSSR count). The molecule has 1 aromatic heterocycles. The van der Waals surface area contributed by atoms with E-state index in [9.17, 15) is 4.79 Å². The van der Waals surface area contributed by atoms with Crippen molar-refractivity contribution in [3.05, 3.63) is 34.2 Å². The third kappa shape index (κ3) is 6.36. The molecule has 1 heterocycles. The quantitative estimate of drug-likeness (QED) is 0.307. The van der Waals surface area contributed by atoms with E-state index in [1.165, 1.54) is 6.07 Å². The van der Waals surface area contributed by atoms with Crippen molar-refractivity contribution in [1.29, 1.82) is 0 Å². The molecule has 0 atom stereocenters. The Labute approximate surface area is 161 Å². The standard InChI is InChI=1S/C18H22Cl2O6/c1-13-10-18(21)26-15-12-17(25-9-7-23-5-3-20)16(11-14(13)15)24-8-6-22-4-2-19/h10-12H,2-9H2,1H3. The zero-order chi connectivity index (χ0) is 18.8. The van der Waals surface area contributed by atoms with Gasteiger partial charge in [0, 0.05) is 29.3 Å². The molecular weight excluding hydrogens is 383 g/mol. The minimum Gasteiger partial charge on any atom is -0.487 e. The smallest absolute Gasteiger partial charge is 0.336 e. The molecule has 0 spiro atoms. The zero-order valence-corrected chi connectivity index (χ0v) is 16.1. The Morgan fingerprint density at radius 1 is 0.846 bits per heavy atom. The van der Waals surface area contributed by atoms with E-state index >= 15 is 0 Å². The molecule has 0 saturated carbocycles. The van der Waals surface area contributed by atoms with Crippen LogP contribution in [0.5, 0.6) is 11.5 Å². The number of aryl methyl sites for hydroxylation is 1. The van der Waals surface area contributed by atoms with Crippen molar-refractivity contribution in [2.45, 2.75) is 6.92 Å². The summed E-state index contributed by atoms with van der Waals surface area (Å²) in [5.74, 6) is 1.88. The number of halogens is 2. The zero-order valence-electron chi connectivity index (χ0n) is 14.6. The van der Waals surface area contributed by atoms with Crippen molar-refractivity contribution in [3.63, 3.8) is 0 Å². The van der Waals surface area contributed by atoms with Crippen molar-refractivity contribution in [2.75, 3.05) is 51.4 Å². The number of hydrogen-bond donors (Lipinski definition) is 0. The predicted molar refractivity (Wildman–Crippen MR) is 101 cm³/mol. The van der Waals surface area contributed by atoms with E-state index in [1.54, 1.807) is 12.1 Å². The second-order valence-electron chi connectivity index (χ2n) is 5.34. The van der Waals surface area contributed by atoms with Crippen molar-refractivity contribution in [3.8, 4) is 11.5 Å². The van der Waals surface area contributed by atoms with Crippen LogP contribution in [0.1, 0.15) is 5.56 Å². The fourth-order valence-corrected chi connectivity index (χ4v) is 2.50. The molecular formula is C18H22Cl2O6. The van der Waals surface area contributed by atoms with Crippen molar-refractivity contribution < 1.29 is 23.4 Å². The number of ether oxygens (including phenoxy) is 4. The first-order valence-corrected chi connectivity index (χ1v) is 9.34. The molecule has 0 radical (unpaired) electrons. The summed E-state index contributed by atoms with van der Waals surface area (Å²) in [5, 5.41) is 0.784. The molecule has 6 nitrogen and oxygen atoms in total. The summed E-state index contributed by atoms with van der Waals surface area (Å²) >= 11 is 11.1. The van der Waals surface area contributed by atoms with Crippen LogP contribution in [0.25, 0.3) is 11.0 Å². The minimum atomic E-state index is -0.408. The van der Waals surface area contributed by atoms with Gasteiger partial charge in [0.25, 0.3) is 0 Å². The van der Waals surface area contributed by atoms with Gasteiger partial charge in [0.15, 0.2) is 11.5 Å². The van der Waals surface area contributed by atoms with Crippen LogP contribution >= 0.6 is 23.2 Å². The van der Waals surface area contributed by atoms with Gasteiger partial charge in [-0.1, -0.05) is 0 Å². The summed E-state index contributed by atoms with van der Waals surface area (Å²) in [4.78, 5) is 11.6. The number of hydrogen-bond acceptors (Lipinski definition) is 6. The molecule has 144 valence electrons. The van der Waals surface area contributed by atoms with Gasteiger partial charge >= 0.3 is 5.63 Å². The highest BCUT2D eigenvalue weighted by atomic mass is 35.5. The second kappa shape index (κ2) is 11.3. The molecule has 0 fully saturated rings. The Kier molecular flexibility index (Phi) is 9.05. The normalized spacial score (nSPS) is 11.0. The lowest BCUT2D eigenvalue weighted by atomic mass is 10.1. The van der Waals surface area contributed by atoms with Crippen LogP contribution in [0.4, 0.5) is 0 Å². The van der Waals surface area contributed by atoms with Crippen LogP contribution in [0.15, 0.2) is 27.4 Å². The van der Waals surface area contributed by atoms with Crippen LogP contribution in [0, 0.1) is 6.92 Å². The van der Waals surface area contributed by atoms with Gasteiger partial charge in [-0.3, -0.25) is 0 Å². The Bertz CT molecular complexity index is 746. The SMILES string of the molecule is Cc1cc(=O)oc2cc(OCCOCCCl)c(OCCOCCCl)cc12. The highest BCUT2D eigenvalue weighted by Gasteiger charge is 2.12. The number of rotatable bonds is 12. The Morgan fingerprint density at radius 2 is 1.42 bits per heavy atom. The molecule has 0 N–H and O–H groups in total. The van der Waals surface area contributed by atoms with Crippen LogP contribution in [-0.2, 0) is 9.47 Å². The Hall–Kier alpha value is -1.47. The average Bonchev–Trinajstić information content (AvgIpc) is 2.61. The summed E-state index contributed by atoms with van der Waals surface area (Å²) in [5.41, 5.74) is 0.837. The largest absolute Gasteiger partial charge is 0.487 e. The molecule has 0 bridgehead atoms. The molecule has 26 heavy (non-hydrogen) atoms. The van der Waals surface area contributed by atoms with Gasteiger partial charge in [0.05, 0.1) is 26.4 Å². The van der Waals surface area contributed by atoms with Crippen molar-refractivity contribution in [1.82, 2.24) is 0 Å². The fourth-order valence-electron chi connectivity index (χ4n) is 2.29. The fraction of sp³-hybridized carbons (Fsp3) is 0.500. The van der Waals surface area contributed by atoms with Crippen LogP contribution in [-0.4, -0.2) is 51.4 Å². The second-order valence-corrected chi connectivity index (χ2v) is 6.10. The van der Waals surface area contributed by atoms with E-state index in [0.717, 1.165) is 10.9 Å². The van der Waals surface area contributed by atoms with Gasteiger partial charge in [-0.15, -0.1) is 23.2 Å². The Morgan fingerprint density at radius 3 is 2.00 bits per heavy atom. The molecule has 2 aromatic rings. The van der Waals surface area contributed by atoms with E-state index < -0.39 is 5.63 Å². The van der Waals surface area contributed by atoms with E-state index in [-0.39, 0.29) is 0 Å². The lowest BCUT2D eigenvalue weighted by Crippen LogP contribution is -2.11. The van der Waals surface area contributed by atoms with Gasteiger partial charge in [0.1, 0.15) is 18.8 Å². The van der Waals surface area contributed by atoms with Gasteiger partial charge in [-0.05, 0) is 18.6 Å². The first kappa shape index (κ1) is 20.8. The van der Waals surface area contributed by atoms with Crippen molar-refractivity contribution in [2.24, 2.45) is 0 Å². The van der Waals surface area contributed by atoms with Gasteiger partial charge in [-0.25, -0.2) is 4.79 Å². The molecule has 0 aliphatic heterocycles. The van der Waals surface area contributed by atoms with E-state index in [4.69, 9.17) is 46.6 Å². The van der Waals surface area contributed by atoms with Gasteiger partial charge in [-0.2, -0.15) is 0 Å². The maximum atomic E-state index is 11.6. The first-order chi connectivity index (χ1) is 12.7. The summed E-state index contributed by atoms with van der Waals surface area (Å²) in [7, 11) is 0. The monoisotopic (exact) mass is 404 g/mol. The summed E-state index contributed by atoms with van der Waals surface area (Å²) in [6, 6.07) is 4.89. The van der Waals surface area contributed by atoms with E-state index in [0.29, 0.717) is 68.5 Å². The van der Waals surface area contributed by atoms with Crippen LogP contribution in [0.2, 0.25) is 0 Å². The molecule has 0 unspecified atom stereocenters. The predicted octanol–water partition coefficient (Wildman–Crippen LogP) is 3.37. The van der Waals surface area contributed by atoms with E-state index in [2.05, 4.69) is 0 Å². The lowest BCUT2D eigenvalue weighted by Gasteiger charge is -2.14. The molecule has 0 aliphatic carbocycles. The summed E-state index contributed by atoms with van der Waals surface area (Å²) < 4.78 is 27.4. The van der Waals surface area contributed by atoms with E-state index in [1.807, 2.05) is 6.92 Å². The lowest BCUT2D eigenvalue weighted by molar-refractivity contribution is 0.101. The maximum Gasteiger partial charge on any atom is 0.336 e. The maximum absolute atomic E-state index is 11.6. The highest BCUT2D eigenvalue weighted by Crippen LogP contribution is 2.33. The first-order valence-electron chi connectivity index (χ1n) is 8.27. The van der Waals surface area contributed by atoms with Crippen molar-refractivity contribution >= 4 is 34.2 Å². The number of fused-ring (bicyclic) bond motifs is 1. The molecule has 8 heteroatoms. The number of alkyl halides is 2.